The van der Waals surface area contributed by atoms with Gasteiger partial charge in [0.1, 0.15) is 6.33 Å². The second-order valence-corrected chi connectivity index (χ2v) is 6.72. The molecule has 1 saturated heterocycles. The zero-order valence-electron chi connectivity index (χ0n) is 15.0. The van der Waals surface area contributed by atoms with Gasteiger partial charge in [-0.3, -0.25) is 19.8 Å². The Balaban J connectivity index is 1.35. The quantitative estimate of drug-likeness (QED) is 0.727. The Morgan fingerprint density at radius 1 is 1.11 bits per heavy atom. The molecule has 2 N–H and O–H groups in total. The molecule has 0 saturated carbocycles. The number of carbonyl (C=O) groups excluding carboxylic acids is 1. The summed E-state index contributed by atoms with van der Waals surface area (Å²) in [5.41, 5.74) is 2.46. The molecule has 0 unspecified atom stereocenters. The maximum Gasteiger partial charge on any atom is 0.252 e. The lowest BCUT2D eigenvalue weighted by atomic mass is 10.0. The van der Waals surface area contributed by atoms with Crippen molar-refractivity contribution < 1.29 is 4.79 Å². The van der Waals surface area contributed by atoms with Gasteiger partial charge in [-0.25, -0.2) is 4.98 Å². The first-order valence-corrected chi connectivity index (χ1v) is 9.17. The third-order valence-electron chi connectivity index (χ3n) is 4.88. The minimum atomic E-state index is -0.0647. The van der Waals surface area contributed by atoms with Crippen molar-refractivity contribution in [2.24, 2.45) is 0 Å². The normalized spacial score (nSPS) is 15.6. The fraction of sp³-hybridized carbons (Fsp3) is 0.300. The fourth-order valence-corrected chi connectivity index (χ4v) is 3.44. The zero-order chi connectivity index (χ0) is 18.5. The van der Waals surface area contributed by atoms with E-state index in [9.17, 15) is 4.79 Å². The highest BCUT2D eigenvalue weighted by molar-refractivity contribution is 6.00. The van der Waals surface area contributed by atoms with E-state index in [1.807, 2.05) is 48.7 Å². The highest BCUT2D eigenvalue weighted by Gasteiger charge is 2.23. The molecule has 138 valence electrons. The highest BCUT2D eigenvalue weighted by atomic mass is 16.1. The molecule has 7 nitrogen and oxygen atoms in total. The van der Waals surface area contributed by atoms with Crippen LogP contribution in [0.15, 0.2) is 55.0 Å². The first kappa shape index (κ1) is 17.4. The van der Waals surface area contributed by atoms with Gasteiger partial charge in [-0.1, -0.05) is 24.3 Å². The van der Waals surface area contributed by atoms with Gasteiger partial charge in [-0.05, 0) is 31.0 Å². The number of H-pyrrole nitrogens is 1. The van der Waals surface area contributed by atoms with Crippen molar-refractivity contribution >= 4 is 5.91 Å². The van der Waals surface area contributed by atoms with Gasteiger partial charge in [0.25, 0.3) is 5.91 Å². The van der Waals surface area contributed by atoms with Gasteiger partial charge < -0.3 is 5.32 Å². The van der Waals surface area contributed by atoms with Crippen LogP contribution >= 0.6 is 0 Å². The van der Waals surface area contributed by atoms with Crippen molar-refractivity contribution in [3.05, 3.63) is 66.2 Å². The summed E-state index contributed by atoms with van der Waals surface area (Å²) in [6, 6.07) is 13.6. The molecule has 1 aliphatic heterocycles. The van der Waals surface area contributed by atoms with Crippen LogP contribution in [-0.4, -0.2) is 50.1 Å². The van der Waals surface area contributed by atoms with Crippen LogP contribution in [0.2, 0.25) is 0 Å². The lowest BCUT2D eigenvalue weighted by molar-refractivity contribution is 0.0909. The van der Waals surface area contributed by atoms with Crippen LogP contribution in [0.5, 0.6) is 0 Å². The molecular formula is C20H22N6O. The second kappa shape index (κ2) is 8.09. The van der Waals surface area contributed by atoms with Crippen molar-refractivity contribution in [3.63, 3.8) is 0 Å². The van der Waals surface area contributed by atoms with Gasteiger partial charge in [0.05, 0.1) is 11.3 Å². The molecule has 1 aromatic carbocycles. The zero-order valence-corrected chi connectivity index (χ0v) is 15.0. The number of piperidine rings is 1. The highest BCUT2D eigenvalue weighted by Crippen LogP contribution is 2.20. The smallest absolute Gasteiger partial charge is 0.252 e. The van der Waals surface area contributed by atoms with E-state index in [2.05, 4.69) is 30.4 Å². The van der Waals surface area contributed by atoms with E-state index in [0.717, 1.165) is 43.7 Å². The summed E-state index contributed by atoms with van der Waals surface area (Å²) in [6.07, 6.45) is 5.14. The standard InChI is InChI=1S/C20H22N6O/c27-20(18-7-2-1-6-17(18)19-22-14-23-25-19)24-15-8-11-26(12-9-15)13-16-5-3-4-10-21-16/h1-7,10,14-15H,8-9,11-13H2,(H,24,27)(H,22,23,25). The minimum Gasteiger partial charge on any atom is -0.349 e. The number of hydrogen-bond donors (Lipinski definition) is 2. The maximum atomic E-state index is 12.8. The average Bonchev–Trinajstić information content (AvgIpc) is 3.25. The molecule has 2 aromatic heterocycles. The number of nitrogens with zero attached hydrogens (tertiary/aromatic N) is 4. The van der Waals surface area contributed by atoms with Crippen molar-refractivity contribution in [2.75, 3.05) is 13.1 Å². The van der Waals surface area contributed by atoms with Gasteiger partial charge in [-0.2, -0.15) is 5.10 Å². The summed E-state index contributed by atoms with van der Waals surface area (Å²) in [5, 5.41) is 9.89. The SMILES string of the molecule is O=C(NC1CCN(Cc2ccccn2)CC1)c1ccccc1-c1ncn[nH]1. The number of carbonyl (C=O) groups is 1. The van der Waals surface area contributed by atoms with Crippen molar-refractivity contribution in [2.45, 2.75) is 25.4 Å². The molecule has 3 aromatic rings. The Morgan fingerprint density at radius 2 is 1.93 bits per heavy atom. The average molecular weight is 362 g/mol. The summed E-state index contributed by atoms with van der Waals surface area (Å²) in [6.45, 7) is 2.76. The molecule has 0 aliphatic carbocycles. The second-order valence-electron chi connectivity index (χ2n) is 6.72. The van der Waals surface area contributed by atoms with E-state index in [-0.39, 0.29) is 11.9 Å². The van der Waals surface area contributed by atoms with Gasteiger partial charge >= 0.3 is 0 Å². The van der Waals surface area contributed by atoms with Crippen LogP contribution in [0.4, 0.5) is 0 Å². The van der Waals surface area contributed by atoms with Crippen molar-refractivity contribution in [1.29, 1.82) is 0 Å². The minimum absolute atomic E-state index is 0.0647. The van der Waals surface area contributed by atoms with Crippen LogP contribution in [0.3, 0.4) is 0 Å². The summed E-state index contributed by atoms with van der Waals surface area (Å²) in [4.78, 5) is 23.7. The summed E-state index contributed by atoms with van der Waals surface area (Å²) in [5.74, 6) is 0.538. The topological polar surface area (TPSA) is 86.8 Å². The van der Waals surface area contributed by atoms with Crippen LogP contribution in [0.25, 0.3) is 11.4 Å². The van der Waals surface area contributed by atoms with Crippen LogP contribution in [0.1, 0.15) is 28.9 Å². The maximum absolute atomic E-state index is 12.8. The molecule has 0 spiro atoms. The van der Waals surface area contributed by atoms with E-state index in [1.165, 1.54) is 6.33 Å². The lowest BCUT2D eigenvalue weighted by Crippen LogP contribution is -2.44. The van der Waals surface area contributed by atoms with E-state index in [4.69, 9.17) is 0 Å². The Labute approximate surface area is 157 Å². The number of nitrogens with one attached hydrogen (secondary N) is 2. The summed E-state index contributed by atoms with van der Waals surface area (Å²) >= 11 is 0. The first-order chi connectivity index (χ1) is 13.3. The predicted molar refractivity (Wildman–Crippen MR) is 102 cm³/mol. The molecule has 27 heavy (non-hydrogen) atoms. The molecule has 0 bridgehead atoms. The number of aromatic nitrogens is 4. The van der Waals surface area contributed by atoms with E-state index in [0.29, 0.717) is 11.4 Å². The molecular weight excluding hydrogens is 340 g/mol. The van der Waals surface area contributed by atoms with Crippen LogP contribution < -0.4 is 5.32 Å². The number of rotatable bonds is 5. The van der Waals surface area contributed by atoms with E-state index < -0.39 is 0 Å². The molecule has 3 heterocycles. The van der Waals surface area contributed by atoms with Gasteiger partial charge in [0.2, 0.25) is 0 Å². The third kappa shape index (κ3) is 4.20. The molecule has 0 atom stereocenters. The number of hydrogen-bond acceptors (Lipinski definition) is 5. The van der Waals surface area contributed by atoms with Crippen molar-refractivity contribution in [3.8, 4) is 11.4 Å². The first-order valence-electron chi connectivity index (χ1n) is 9.17. The van der Waals surface area contributed by atoms with E-state index >= 15 is 0 Å². The molecule has 1 fully saturated rings. The number of benzene rings is 1. The number of likely N-dealkylation sites (tertiary alicyclic amines) is 1. The van der Waals surface area contributed by atoms with Gasteiger partial charge in [-0.15, -0.1) is 0 Å². The van der Waals surface area contributed by atoms with Crippen molar-refractivity contribution in [1.82, 2.24) is 30.4 Å². The monoisotopic (exact) mass is 362 g/mol. The predicted octanol–water partition coefficient (Wildman–Crippen LogP) is 2.26. The molecule has 1 aliphatic rings. The number of amides is 1. The number of aromatic amines is 1. The Morgan fingerprint density at radius 3 is 2.67 bits per heavy atom. The van der Waals surface area contributed by atoms with Crippen LogP contribution in [-0.2, 0) is 6.54 Å². The Hall–Kier alpha value is -3.06. The lowest BCUT2D eigenvalue weighted by Gasteiger charge is -2.32. The molecule has 0 radical (unpaired) electrons. The van der Waals surface area contributed by atoms with E-state index in [1.54, 1.807) is 0 Å². The van der Waals surface area contributed by atoms with Gasteiger partial charge in [0.15, 0.2) is 5.82 Å². The Kier molecular flexibility index (Phi) is 5.20. The van der Waals surface area contributed by atoms with Gasteiger partial charge in [0, 0.05) is 37.4 Å². The fourth-order valence-electron chi connectivity index (χ4n) is 3.44. The largest absolute Gasteiger partial charge is 0.349 e. The molecule has 4 rings (SSSR count). The summed E-state index contributed by atoms with van der Waals surface area (Å²) in [7, 11) is 0. The third-order valence-corrected chi connectivity index (χ3v) is 4.88. The Bertz CT molecular complexity index is 873. The molecule has 1 amide bonds. The molecule has 7 heteroatoms. The number of pyridine rings is 1. The summed E-state index contributed by atoms with van der Waals surface area (Å²) < 4.78 is 0. The van der Waals surface area contributed by atoms with Crippen LogP contribution in [0, 0.1) is 0 Å².